The third kappa shape index (κ3) is 5.43. The van der Waals surface area contributed by atoms with Crippen molar-refractivity contribution in [3.05, 3.63) is 11.8 Å². The van der Waals surface area contributed by atoms with E-state index in [9.17, 15) is 8.42 Å². The van der Waals surface area contributed by atoms with Crippen LogP contribution in [0.3, 0.4) is 0 Å². The van der Waals surface area contributed by atoms with E-state index in [2.05, 4.69) is 27.2 Å². The Bertz CT molecular complexity index is 487. The number of thioether (sulfide) groups is 1. The molecule has 0 saturated carbocycles. The minimum Gasteiger partial charge on any atom is -0.313 e. The first-order chi connectivity index (χ1) is 9.51. The zero-order chi connectivity index (χ0) is 15.0. The second-order valence-electron chi connectivity index (χ2n) is 4.81. The van der Waals surface area contributed by atoms with Crippen LogP contribution in [0.4, 0.5) is 0 Å². The first-order valence-electron chi connectivity index (χ1n) is 6.72. The van der Waals surface area contributed by atoms with Gasteiger partial charge < -0.3 is 5.32 Å². The summed E-state index contributed by atoms with van der Waals surface area (Å²) >= 11 is 1.71. The fourth-order valence-electron chi connectivity index (χ4n) is 1.73. The van der Waals surface area contributed by atoms with Crippen LogP contribution in [0.25, 0.3) is 0 Å². The van der Waals surface area contributed by atoms with Gasteiger partial charge >= 0.3 is 0 Å². The molecule has 6 nitrogen and oxygen atoms in total. The molecule has 20 heavy (non-hydrogen) atoms. The van der Waals surface area contributed by atoms with Crippen molar-refractivity contribution in [2.45, 2.75) is 31.8 Å². The molecule has 0 aromatic carbocycles. The van der Waals surface area contributed by atoms with Gasteiger partial charge in [0.15, 0.2) is 5.03 Å². The molecule has 1 aromatic heterocycles. The molecular formula is C12H24N4O2S2. The molecular weight excluding hydrogens is 296 g/mol. The molecule has 3 N–H and O–H groups in total. The number of hydrogen-bond donors (Lipinski definition) is 3. The van der Waals surface area contributed by atoms with Gasteiger partial charge in [-0.05, 0) is 30.9 Å². The van der Waals surface area contributed by atoms with Gasteiger partial charge in [0.05, 0.1) is 6.20 Å². The van der Waals surface area contributed by atoms with Gasteiger partial charge in [0.25, 0.3) is 10.0 Å². The van der Waals surface area contributed by atoms with Crippen molar-refractivity contribution in [3.63, 3.8) is 0 Å². The first-order valence-corrected chi connectivity index (χ1v) is 9.60. The van der Waals surface area contributed by atoms with Crippen LogP contribution < -0.4 is 10.0 Å². The predicted octanol–water partition coefficient (Wildman–Crippen LogP) is 1.19. The summed E-state index contributed by atoms with van der Waals surface area (Å²) in [5, 5.41) is 9.77. The van der Waals surface area contributed by atoms with E-state index < -0.39 is 10.0 Å². The maximum absolute atomic E-state index is 12.2. The van der Waals surface area contributed by atoms with Crippen molar-refractivity contribution in [1.29, 1.82) is 0 Å². The van der Waals surface area contributed by atoms with Gasteiger partial charge in [-0.1, -0.05) is 13.8 Å². The van der Waals surface area contributed by atoms with Crippen LogP contribution in [-0.2, 0) is 16.6 Å². The molecule has 0 amide bonds. The molecule has 0 spiro atoms. The smallest absolute Gasteiger partial charge is 0.257 e. The lowest BCUT2D eigenvalue weighted by atomic mass is 10.2. The second kappa shape index (κ2) is 8.66. The van der Waals surface area contributed by atoms with E-state index in [1.165, 1.54) is 0 Å². The van der Waals surface area contributed by atoms with Crippen molar-refractivity contribution >= 4 is 21.8 Å². The highest BCUT2D eigenvalue weighted by Gasteiger charge is 2.20. The highest BCUT2D eigenvalue weighted by atomic mass is 32.2. The second-order valence-corrected chi connectivity index (χ2v) is 7.43. The monoisotopic (exact) mass is 320 g/mol. The molecule has 1 unspecified atom stereocenters. The Labute approximate surface area is 125 Å². The molecule has 1 rings (SSSR count). The average Bonchev–Trinajstić information content (AvgIpc) is 2.87. The van der Waals surface area contributed by atoms with Crippen molar-refractivity contribution < 1.29 is 8.42 Å². The van der Waals surface area contributed by atoms with Crippen LogP contribution in [0.2, 0.25) is 0 Å². The molecule has 8 heteroatoms. The van der Waals surface area contributed by atoms with E-state index in [0.29, 0.717) is 24.6 Å². The molecule has 116 valence electrons. The number of aromatic amines is 1. The van der Waals surface area contributed by atoms with Crippen LogP contribution in [0.5, 0.6) is 0 Å². The summed E-state index contributed by atoms with van der Waals surface area (Å²) < 4.78 is 27.1. The molecule has 1 aromatic rings. The van der Waals surface area contributed by atoms with E-state index >= 15 is 0 Å². The molecule has 0 radical (unpaired) electrons. The Morgan fingerprint density at radius 3 is 2.90 bits per heavy atom. The third-order valence-corrected chi connectivity index (χ3v) is 5.10. The Kier molecular flexibility index (Phi) is 7.57. The van der Waals surface area contributed by atoms with Gasteiger partial charge in [0.2, 0.25) is 0 Å². The number of nitrogens with zero attached hydrogens (tertiary/aromatic N) is 1. The fraction of sp³-hybridized carbons (Fsp3) is 0.750. The summed E-state index contributed by atoms with van der Waals surface area (Å²) in [5.41, 5.74) is 0.670. The van der Waals surface area contributed by atoms with Crippen LogP contribution in [0.1, 0.15) is 25.8 Å². The van der Waals surface area contributed by atoms with E-state index in [0.717, 1.165) is 18.7 Å². The Morgan fingerprint density at radius 2 is 2.25 bits per heavy atom. The normalized spacial score (nSPS) is 13.6. The topological polar surface area (TPSA) is 86.9 Å². The first kappa shape index (κ1) is 17.5. The van der Waals surface area contributed by atoms with Crippen LogP contribution >= 0.6 is 11.8 Å². The molecule has 0 fully saturated rings. The van der Waals surface area contributed by atoms with Gasteiger partial charge in [-0.25, -0.2) is 13.1 Å². The Morgan fingerprint density at radius 1 is 1.50 bits per heavy atom. The summed E-state index contributed by atoms with van der Waals surface area (Å²) in [6.45, 7) is 5.87. The van der Waals surface area contributed by atoms with Crippen molar-refractivity contribution in [2.75, 3.05) is 25.1 Å². The molecule has 0 aliphatic heterocycles. The van der Waals surface area contributed by atoms with Crippen LogP contribution in [-0.4, -0.2) is 43.7 Å². The predicted molar refractivity (Wildman–Crippen MR) is 83.3 cm³/mol. The van der Waals surface area contributed by atoms with Crippen LogP contribution in [0.15, 0.2) is 11.2 Å². The minimum absolute atomic E-state index is 0.164. The fourth-order valence-corrected chi connectivity index (χ4v) is 3.70. The van der Waals surface area contributed by atoms with Gasteiger partial charge in [-0.2, -0.15) is 16.9 Å². The zero-order valence-electron chi connectivity index (χ0n) is 12.3. The van der Waals surface area contributed by atoms with E-state index in [-0.39, 0.29) is 5.03 Å². The van der Waals surface area contributed by atoms with E-state index in [1.807, 2.05) is 13.2 Å². The standard InChI is InChI=1S/C12H24N4O2S2/c1-4-5-13-7-11-8-14-16-12(11)20(17,18)15-6-10(2)9-19-3/h8,10,13,15H,4-7,9H2,1-3H3,(H,14,16). The number of nitrogens with one attached hydrogen (secondary N) is 3. The Balaban J connectivity index is 2.65. The lowest BCUT2D eigenvalue weighted by molar-refractivity contribution is 0.556. The maximum atomic E-state index is 12.2. The number of rotatable bonds is 10. The van der Waals surface area contributed by atoms with Gasteiger partial charge in [-0.15, -0.1) is 0 Å². The summed E-state index contributed by atoms with van der Waals surface area (Å²) in [6.07, 6.45) is 4.57. The SMILES string of the molecule is CCCNCc1cn[nH]c1S(=O)(=O)NCC(C)CSC. The van der Waals surface area contributed by atoms with Gasteiger partial charge in [0.1, 0.15) is 0 Å². The van der Waals surface area contributed by atoms with E-state index in [4.69, 9.17) is 0 Å². The molecule has 0 saturated heterocycles. The molecule has 0 bridgehead atoms. The summed E-state index contributed by atoms with van der Waals surface area (Å²) in [6, 6.07) is 0. The average molecular weight is 320 g/mol. The number of sulfonamides is 1. The lowest BCUT2D eigenvalue weighted by Crippen LogP contribution is -2.30. The zero-order valence-corrected chi connectivity index (χ0v) is 13.9. The molecule has 0 aliphatic rings. The highest BCUT2D eigenvalue weighted by molar-refractivity contribution is 7.98. The van der Waals surface area contributed by atoms with Crippen molar-refractivity contribution in [3.8, 4) is 0 Å². The van der Waals surface area contributed by atoms with Gasteiger partial charge in [0, 0.05) is 18.7 Å². The van der Waals surface area contributed by atoms with Crippen LogP contribution in [0, 0.1) is 5.92 Å². The molecule has 0 aliphatic carbocycles. The Hall–Kier alpha value is -0.570. The van der Waals surface area contributed by atoms with Crippen molar-refractivity contribution in [2.24, 2.45) is 5.92 Å². The summed E-state index contributed by atoms with van der Waals surface area (Å²) in [5.74, 6) is 1.22. The number of H-pyrrole nitrogens is 1. The summed E-state index contributed by atoms with van der Waals surface area (Å²) in [4.78, 5) is 0. The highest BCUT2D eigenvalue weighted by Crippen LogP contribution is 2.12. The van der Waals surface area contributed by atoms with Gasteiger partial charge in [-0.3, -0.25) is 5.10 Å². The quantitative estimate of drug-likeness (QED) is 0.564. The third-order valence-electron chi connectivity index (χ3n) is 2.76. The molecule has 1 heterocycles. The minimum atomic E-state index is -3.52. The number of aromatic nitrogens is 2. The van der Waals surface area contributed by atoms with E-state index in [1.54, 1.807) is 18.0 Å². The summed E-state index contributed by atoms with van der Waals surface area (Å²) in [7, 11) is -3.52. The largest absolute Gasteiger partial charge is 0.313 e. The van der Waals surface area contributed by atoms with Crippen molar-refractivity contribution in [1.82, 2.24) is 20.2 Å². The maximum Gasteiger partial charge on any atom is 0.257 e. The number of hydrogen-bond acceptors (Lipinski definition) is 5. The lowest BCUT2D eigenvalue weighted by Gasteiger charge is -2.12. The molecule has 1 atom stereocenters.